The Labute approximate surface area is 132 Å². The molecule has 1 aliphatic carbocycles. The molecule has 2 aromatic rings. The summed E-state index contributed by atoms with van der Waals surface area (Å²) < 4.78 is 39.3. The summed E-state index contributed by atoms with van der Waals surface area (Å²) in [6.45, 7) is 2.73. The number of halogens is 3. The Hall–Kier alpha value is -2.18. The topological polar surface area (TPSA) is 50.7 Å². The lowest BCUT2D eigenvalue weighted by Crippen LogP contribution is -2.17. The minimum absolute atomic E-state index is 0.0473. The van der Waals surface area contributed by atoms with Crippen molar-refractivity contribution in [3.63, 3.8) is 0 Å². The summed E-state index contributed by atoms with van der Waals surface area (Å²) in [7, 11) is 0. The van der Waals surface area contributed by atoms with Crippen LogP contribution in [0.4, 0.5) is 19.0 Å². The second-order valence-corrected chi connectivity index (χ2v) is 5.90. The third-order valence-corrected chi connectivity index (χ3v) is 4.31. The minimum Gasteiger partial charge on any atom is -0.369 e. The highest BCUT2D eigenvalue weighted by Crippen LogP contribution is 2.48. The van der Waals surface area contributed by atoms with E-state index in [1.807, 2.05) is 0 Å². The van der Waals surface area contributed by atoms with Crippen molar-refractivity contribution in [2.24, 2.45) is 5.41 Å². The Morgan fingerprint density at radius 2 is 1.87 bits per heavy atom. The van der Waals surface area contributed by atoms with Gasteiger partial charge in [-0.1, -0.05) is 6.92 Å². The van der Waals surface area contributed by atoms with Crippen LogP contribution in [0.1, 0.15) is 31.9 Å². The van der Waals surface area contributed by atoms with Crippen LogP contribution in [-0.2, 0) is 6.18 Å². The zero-order chi connectivity index (χ0) is 16.5. The first kappa shape index (κ1) is 15.7. The largest absolute Gasteiger partial charge is 0.433 e. The fourth-order valence-electron chi connectivity index (χ4n) is 2.42. The molecule has 0 bridgehead atoms. The highest BCUT2D eigenvalue weighted by molar-refractivity contribution is 5.57. The van der Waals surface area contributed by atoms with Crippen molar-refractivity contribution < 1.29 is 13.2 Å². The first-order valence-corrected chi connectivity index (χ1v) is 7.52. The molecule has 0 unspecified atom stereocenters. The van der Waals surface area contributed by atoms with Gasteiger partial charge in [0.1, 0.15) is 5.82 Å². The van der Waals surface area contributed by atoms with Crippen LogP contribution < -0.4 is 5.32 Å². The summed E-state index contributed by atoms with van der Waals surface area (Å²) >= 11 is 0. The van der Waals surface area contributed by atoms with Gasteiger partial charge in [0.2, 0.25) is 0 Å². The van der Waals surface area contributed by atoms with Crippen molar-refractivity contribution in [2.45, 2.75) is 32.4 Å². The van der Waals surface area contributed by atoms with Gasteiger partial charge in [-0.15, -0.1) is 0 Å². The molecule has 0 saturated heterocycles. The molecule has 0 spiro atoms. The molecular formula is C16H17F3N4. The van der Waals surface area contributed by atoms with Crippen molar-refractivity contribution in [1.29, 1.82) is 0 Å². The number of nitrogens with one attached hydrogen (secondary N) is 1. The summed E-state index contributed by atoms with van der Waals surface area (Å²) in [5.74, 6) is 0.255. The molecule has 1 fully saturated rings. The van der Waals surface area contributed by atoms with Gasteiger partial charge < -0.3 is 5.32 Å². The van der Waals surface area contributed by atoms with Crippen LogP contribution >= 0.6 is 0 Å². The van der Waals surface area contributed by atoms with Gasteiger partial charge in [0.25, 0.3) is 0 Å². The van der Waals surface area contributed by atoms with E-state index in [1.54, 1.807) is 12.1 Å². The number of rotatable bonds is 5. The van der Waals surface area contributed by atoms with E-state index in [0.29, 0.717) is 12.1 Å². The second-order valence-electron chi connectivity index (χ2n) is 5.90. The highest BCUT2D eigenvalue weighted by Gasteiger charge is 2.40. The Bertz CT molecular complexity index is 681. The molecule has 0 atom stereocenters. The van der Waals surface area contributed by atoms with Gasteiger partial charge in [0, 0.05) is 30.6 Å². The summed E-state index contributed by atoms with van der Waals surface area (Å²) in [6.07, 6.45) is 1.71. The zero-order valence-electron chi connectivity index (χ0n) is 12.7. The number of hydrogen-bond acceptors (Lipinski definition) is 4. The van der Waals surface area contributed by atoms with E-state index in [2.05, 4.69) is 27.2 Å². The molecule has 1 N–H and O–H groups in total. The average molecular weight is 322 g/mol. The van der Waals surface area contributed by atoms with Crippen LogP contribution in [0.25, 0.3) is 11.4 Å². The lowest BCUT2D eigenvalue weighted by atomic mass is 10.0. The average Bonchev–Trinajstić information content (AvgIpc) is 3.33. The van der Waals surface area contributed by atoms with Crippen molar-refractivity contribution in [2.75, 3.05) is 11.9 Å². The van der Waals surface area contributed by atoms with Crippen LogP contribution in [-0.4, -0.2) is 21.5 Å². The maximum Gasteiger partial charge on any atom is 0.433 e. The first-order chi connectivity index (χ1) is 10.9. The van der Waals surface area contributed by atoms with Gasteiger partial charge >= 0.3 is 6.18 Å². The summed E-state index contributed by atoms with van der Waals surface area (Å²) in [6, 6.07) is 4.15. The Kier molecular flexibility index (Phi) is 3.95. The van der Waals surface area contributed by atoms with Crippen LogP contribution in [0.3, 0.4) is 0 Å². The van der Waals surface area contributed by atoms with Gasteiger partial charge in [0.05, 0.1) is 0 Å². The molecule has 7 heteroatoms. The maximum absolute atomic E-state index is 13.1. The van der Waals surface area contributed by atoms with E-state index in [0.717, 1.165) is 25.3 Å². The molecule has 2 aromatic heterocycles. The van der Waals surface area contributed by atoms with Crippen LogP contribution in [0.15, 0.2) is 30.6 Å². The first-order valence-electron chi connectivity index (χ1n) is 7.52. The van der Waals surface area contributed by atoms with Gasteiger partial charge in [-0.3, -0.25) is 4.98 Å². The standard InChI is InChI=1S/C16H17F3N4/c1-2-15(5-6-15)10-21-13-9-12(16(17,18)19)22-14(23-13)11-3-7-20-8-4-11/h3-4,7-9H,2,5-6,10H2,1H3,(H,21,22,23). The normalized spacial score (nSPS) is 16.2. The lowest BCUT2D eigenvalue weighted by Gasteiger charge is -2.16. The molecule has 3 rings (SSSR count). The monoisotopic (exact) mass is 322 g/mol. The molecule has 0 radical (unpaired) electrons. The van der Waals surface area contributed by atoms with Crippen molar-refractivity contribution >= 4 is 5.82 Å². The molecule has 0 amide bonds. The molecule has 0 aliphatic heterocycles. The molecule has 1 saturated carbocycles. The van der Waals surface area contributed by atoms with Crippen molar-refractivity contribution in [1.82, 2.24) is 15.0 Å². The van der Waals surface area contributed by atoms with Gasteiger partial charge in [-0.2, -0.15) is 13.2 Å². The Morgan fingerprint density at radius 1 is 1.17 bits per heavy atom. The predicted octanol–water partition coefficient (Wildman–Crippen LogP) is 4.16. The molecule has 122 valence electrons. The predicted molar refractivity (Wildman–Crippen MR) is 80.7 cm³/mol. The smallest absolute Gasteiger partial charge is 0.369 e. The van der Waals surface area contributed by atoms with E-state index in [-0.39, 0.29) is 17.1 Å². The van der Waals surface area contributed by atoms with Crippen molar-refractivity contribution in [3.8, 4) is 11.4 Å². The third-order valence-electron chi connectivity index (χ3n) is 4.31. The third kappa shape index (κ3) is 3.60. The fourth-order valence-corrected chi connectivity index (χ4v) is 2.42. The number of anilines is 1. The van der Waals surface area contributed by atoms with Gasteiger partial charge in [0.15, 0.2) is 11.5 Å². The summed E-state index contributed by atoms with van der Waals surface area (Å²) in [5.41, 5.74) is -0.228. The molecule has 1 aliphatic rings. The molecule has 23 heavy (non-hydrogen) atoms. The van der Waals surface area contributed by atoms with Crippen LogP contribution in [0, 0.1) is 5.41 Å². The quantitative estimate of drug-likeness (QED) is 0.898. The number of alkyl halides is 3. The molecular weight excluding hydrogens is 305 g/mol. The van der Waals surface area contributed by atoms with Crippen LogP contribution in [0.5, 0.6) is 0 Å². The summed E-state index contributed by atoms with van der Waals surface area (Å²) in [5, 5.41) is 3.05. The summed E-state index contributed by atoms with van der Waals surface area (Å²) in [4.78, 5) is 11.7. The van der Waals surface area contributed by atoms with E-state index < -0.39 is 11.9 Å². The van der Waals surface area contributed by atoms with Gasteiger partial charge in [-0.25, -0.2) is 9.97 Å². The number of hydrogen-bond donors (Lipinski definition) is 1. The molecule has 4 nitrogen and oxygen atoms in total. The molecule has 2 heterocycles. The Balaban J connectivity index is 1.92. The maximum atomic E-state index is 13.1. The number of aromatic nitrogens is 3. The van der Waals surface area contributed by atoms with Crippen molar-refractivity contribution in [3.05, 3.63) is 36.3 Å². The van der Waals surface area contributed by atoms with E-state index in [9.17, 15) is 13.2 Å². The molecule has 0 aromatic carbocycles. The SMILES string of the molecule is CCC1(CNc2cc(C(F)(F)F)nc(-c3ccncc3)n2)CC1. The minimum atomic E-state index is -4.51. The Morgan fingerprint density at radius 3 is 2.43 bits per heavy atom. The number of pyridine rings is 1. The number of nitrogens with zero attached hydrogens (tertiary/aromatic N) is 3. The van der Waals surface area contributed by atoms with Gasteiger partial charge in [-0.05, 0) is 36.8 Å². The highest BCUT2D eigenvalue weighted by atomic mass is 19.4. The second kappa shape index (κ2) is 5.79. The lowest BCUT2D eigenvalue weighted by molar-refractivity contribution is -0.141. The fraction of sp³-hybridized carbons (Fsp3) is 0.438. The van der Waals surface area contributed by atoms with E-state index >= 15 is 0 Å². The van der Waals surface area contributed by atoms with E-state index in [4.69, 9.17) is 0 Å². The zero-order valence-corrected chi connectivity index (χ0v) is 12.7. The van der Waals surface area contributed by atoms with Crippen LogP contribution in [0.2, 0.25) is 0 Å². The van der Waals surface area contributed by atoms with E-state index in [1.165, 1.54) is 12.4 Å².